The van der Waals surface area contributed by atoms with Crippen molar-refractivity contribution in [3.63, 3.8) is 0 Å². The molecule has 1 N–H and O–H groups in total. The predicted molar refractivity (Wildman–Crippen MR) is 87.6 cm³/mol. The van der Waals surface area contributed by atoms with Crippen LogP contribution in [0, 0.1) is 5.92 Å². The highest BCUT2D eigenvalue weighted by molar-refractivity contribution is 6.29. The van der Waals surface area contributed by atoms with Crippen LogP contribution in [0.1, 0.15) is 44.6 Å². The van der Waals surface area contributed by atoms with Gasteiger partial charge in [-0.2, -0.15) is 0 Å². The van der Waals surface area contributed by atoms with Crippen LogP contribution in [0.15, 0.2) is 24.7 Å². The molecule has 4 nitrogen and oxygen atoms in total. The molecule has 0 saturated carbocycles. The van der Waals surface area contributed by atoms with Crippen molar-refractivity contribution in [2.24, 2.45) is 13.0 Å². The average Bonchev–Trinajstić information content (AvgIpc) is 3.02. The van der Waals surface area contributed by atoms with E-state index < -0.39 is 0 Å². The van der Waals surface area contributed by atoms with Crippen molar-refractivity contribution in [1.29, 1.82) is 0 Å². The van der Waals surface area contributed by atoms with Gasteiger partial charge in [0.2, 0.25) is 0 Å². The fourth-order valence-corrected chi connectivity index (χ4v) is 2.66. The summed E-state index contributed by atoms with van der Waals surface area (Å²) in [6, 6.07) is 2.59. The normalized spacial score (nSPS) is 13.0. The Labute approximate surface area is 132 Å². The third-order valence-electron chi connectivity index (χ3n) is 3.77. The lowest BCUT2D eigenvalue weighted by Crippen LogP contribution is -2.26. The molecule has 1 unspecified atom stereocenters. The van der Waals surface area contributed by atoms with E-state index in [1.165, 1.54) is 5.56 Å². The van der Waals surface area contributed by atoms with Crippen molar-refractivity contribution >= 4 is 11.6 Å². The van der Waals surface area contributed by atoms with Gasteiger partial charge in [0.15, 0.2) is 0 Å². The highest BCUT2D eigenvalue weighted by Gasteiger charge is 2.16. The van der Waals surface area contributed by atoms with Gasteiger partial charge in [-0.1, -0.05) is 32.4 Å². The van der Waals surface area contributed by atoms with Gasteiger partial charge in [-0.3, -0.25) is 0 Å². The first-order valence-electron chi connectivity index (χ1n) is 7.58. The minimum Gasteiger partial charge on any atom is -0.346 e. The van der Waals surface area contributed by atoms with Gasteiger partial charge in [-0.15, -0.1) is 0 Å². The quantitative estimate of drug-likeness (QED) is 0.848. The summed E-state index contributed by atoms with van der Waals surface area (Å²) < 4.78 is 4.08. The van der Waals surface area contributed by atoms with E-state index in [2.05, 4.69) is 54.1 Å². The zero-order chi connectivity index (χ0) is 15.4. The van der Waals surface area contributed by atoms with E-state index in [1.54, 1.807) is 6.20 Å². The molecule has 0 spiro atoms. The van der Waals surface area contributed by atoms with E-state index in [0.29, 0.717) is 17.1 Å². The molecule has 0 aromatic carbocycles. The third kappa shape index (κ3) is 3.89. The number of rotatable bonds is 7. The molecule has 116 valence electrons. The molecule has 1 atom stereocenters. The van der Waals surface area contributed by atoms with Crippen LogP contribution in [0.4, 0.5) is 0 Å². The van der Waals surface area contributed by atoms with Gasteiger partial charge < -0.3 is 14.5 Å². The zero-order valence-corrected chi connectivity index (χ0v) is 14.1. The Hall–Kier alpha value is -1.26. The Morgan fingerprint density at radius 1 is 1.38 bits per heavy atom. The molecule has 0 aliphatic heterocycles. The monoisotopic (exact) mass is 308 g/mol. The summed E-state index contributed by atoms with van der Waals surface area (Å²) in [5.74, 6) is 1.53. The van der Waals surface area contributed by atoms with Crippen LogP contribution in [0.3, 0.4) is 0 Å². The number of aromatic nitrogens is 3. The highest BCUT2D eigenvalue weighted by atomic mass is 35.5. The van der Waals surface area contributed by atoms with E-state index in [4.69, 9.17) is 11.6 Å². The van der Waals surface area contributed by atoms with E-state index in [-0.39, 0.29) is 0 Å². The van der Waals surface area contributed by atoms with Gasteiger partial charge in [0, 0.05) is 25.5 Å². The summed E-state index contributed by atoms with van der Waals surface area (Å²) in [7, 11) is 1.94. The summed E-state index contributed by atoms with van der Waals surface area (Å²) in [5.41, 5.74) is 1.33. The zero-order valence-electron chi connectivity index (χ0n) is 13.3. The van der Waals surface area contributed by atoms with Crippen LogP contribution in [0.2, 0.25) is 5.15 Å². The topological polar surface area (TPSA) is 34.8 Å². The fourth-order valence-electron chi connectivity index (χ4n) is 2.51. The molecule has 21 heavy (non-hydrogen) atoms. The Bertz CT molecular complexity index is 571. The number of hydrogen-bond donors (Lipinski definition) is 1. The van der Waals surface area contributed by atoms with Crippen molar-refractivity contribution in [2.45, 2.75) is 39.8 Å². The minimum atomic E-state index is 0.399. The van der Waals surface area contributed by atoms with Crippen LogP contribution in [0.25, 0.3) is 0 Å². The molecule has 0 bridgehead atoms. The number of imidazole rings is 1. The maximum atomic E-state index is 6.03. The molecule has 2 aromatic rings. The minimum absolute atomic E-state index is 0.399. The number of nitrogens with zero attached hydrogens (tertiary/aromatic N) is 3. The number of hydrogen-bond acceptors (Lipinski definition) is 2. The van der Waals surface area contributed by atoms with Gasteiger partial charge >= 0.3 is 0 Å². The van der Waals surface area contributed by atoms with Crippen molar-refractivity contribution < 1.29 is 0 Å². The molecular formula is C16H25ClN4. The summed E-state index contributed by atoms with van der Waals surface area (Å²) >= 11 is 6.03. The molecule has 5 heteroatoms. The van der Waals surface area contributed by atoms with Crippen molar-refractivity contribution in [2.75, 3.05) is 6.54 Å². The molecular weight excluding hydrogens is 284 g/mol. The Balaban J connectivity index is 2.11. The summed E-state index contributed by atoms with van der Waals surface area (Å²) in [4.78, 5) is 4.34. The molecule has 0 radical (unpaired) electrons. The first-order chi connectivity index (χ1) is 10.0. The smallest absolute Gasteiger partial charge is 0.129 e. The van der Waals surface area contributed by atoms with Gasteiger partial charge in [-0.25, -0.2) is 4.98 Å². The molecule has 0 saturated heterocycles. The Kier molecular flexibility index (Phi) is 5.48. The number of halogens is 1. The van der Waals surface area contributed by atoms with Crippen LogP contribution in [-0.4, -0.2) is 20.7 Å². The predicted octanol–water partition coefficient (Wildman–Crippen LogP) is 3.62. The van der Waals surface area contributed by atoms with Crippen LogP contribution < -0.4 is 5.32 Å². The van der Waals surface area contributed by atoms with Crippen LogP contribution in [-0.2, 0) is 13.6 Å². The van der Waals surface area contributed by atoms with Gasteiger partial charge in [0.25, 0.3) is 0 Å². The summed E-state index contributed by atoms with van der Waals surface area (Å²) in [6.07, 6.45) is 7.16. The first kappa shape index (κ1) is 16.1. The average molecular weight is 309 g/mol. The standard InChI is InChI=1S/C16H25ClN4/c1-5-7-18-16(12(2)3)13-6-8-21(10-13)11-15-19-9-14(17)20(15)4/h6,8-10,12,16,18H,5,7,11H2,1-4H3. The van der Waals surface area contributed by atoms with Crippen molar-refractivity contribution in [1.82, 2.24) is 19.4 Å². The SMILES string of the molecule is CCCNC(c1ccn(Cc2ncc(Cl)n2C)c1)C(C)C. The van der Waals surface area contributed by atoms with Crippen LogP contribution >= 0.6 is 11.6 Å². The maximum absolute atomic E-state index is 6.03. The van der Waals surface area contributed by atoms with Gasteiger partial charge in [-0.05, 0) is 30.5 Å². The van der Waals surface area contributed by atoms with E-state index in [0.717, 1.165) is 25.3 Å². The van der Waals surface area contributed by atoms with Crippen molar-refractivity contribution in [3.05, 3.63) is 41.2 Å². The first-order valence-corrected chi connectivity index (χ1v) is 7.95. The fraction of sp³-hybridized carbons (Fsp3) is 0.562. The maximum Gasteiger partial charge on any atom is 0.129 e. The molecule has 2 aromatic heterocycles. The molecule has 0 aliphatic rings. The Morgan fingerprint density at radius 2 is 2.14 bits per heavy atom. The lowest BCUT2D eigenvalue weighted by Gasteiger charge is -2.21. The summed E-state index contributed by atoms with van der Waals surface area (Å²) in [6.45, 7) is 8.48. The van der Waals surface area contributed by atoms with E-state index in [1.807, 2.05) is 11.6 Å². The molecule has 0 fully saturated rings. The van der Waals surface area contributed by atoms with E-state index >= 15 is 0 Å². The van der Waals surface area contributed by atoms with Gasteiger partial charge in [0.1, 0.15) is 11.0 Å². The van der Waals surface area contributed by atoms with Crippen molar-refractivity contribution in [3.8, 4) is 0 Å². The molecule has 0 aliphatic carbocycles. The van der Waals surface area contributed by atoms with E-state index in [9.17, 15) is 0 Å². The van der Waals surface area contributed by atoms with Crippen LogP contribution in [0.5, 0.6) is 0 Å². The molecule has 2 rings (SSSR count). The lowest BCUT2D eigenvalue weighted by molar-refractivity contribution is 0.412. The second kappa shape index (κ2) is 7.14. The highest BCUT2D eigenvalue weighted by Crippen LogP contribution is 2.22. The lowest BCUT2D eigenvalue weighted by atomic mass is 9.98. The summed E-state index contributed by atoms with van der Waals surface area (Å²) in [5, 5.41) is 4.29. The second-order valence-electron chi connectivity index (χ2n) is 5.85. The number of nitrogens with one attached hydrogen (secondary N) is 1. The van der Waals surface area contributed by atoms with Gasteiger partial charge in [0.05, 0.1) is 12.7 Å². The second-order valence-corrected chi connectivity index (χ2v) is 6.24. The molecule has 0 amide bonds. The molecule has 2 heterocycles. The Morgan fingerprint density at radius 3 is 2.71 bits per heavy atom. The third-order valence-corrected chi connectivity index (χ3v) is 4.12. The largest absolute Gasteiger partial charge is 0.346 e.